The molecule has 1 atom stereocenters. The molecule has 0 bridgehead atoms. The van der Waals surface area contributed by atoms with Crippen LogP contribution in [0.4, 0.5) is 4.39 Å². The van der Waals surface area contributed by atoms with Gasteiger partial charge in [-0.3, -0.25) is 4.99 Å². The van der Waals surface area contributed by atoms with Gasteiger partial charge in [0.05, 0.1) is 12.6 Å². The summed E-state index contributed by atoms with van der Waals surface area (Å²) in [6, 6.07) is 14.9. The summed E-state index contributed by atoms with van der Waals surface area (Å²) in [5.74, 6) is 0.244. The highest BCUT2D eigenvalue weighted by Gasteiger charge is 2.28. The SMILES string of the molecule is NC1=NCC(c2cc(F)cc(Br)c2)N1Cc1ccccc1. The number of hydrogen-bond donors (Lipinski definition) is 1. The predicted molar refractivity (Wildman–Crippen MR) is 85.3 cm³/mol. The fraction of sp³-hybridized carbons (Fsp3) is 0.188. The molecule has 0 amide bonds. The lowest BCUT2D eigenvalue weighted by Crippen LogP contribution is -2.35. The molecule has 3 nitrogen and oxygen atoms in total. The number of nitrogens with two attached hydrogens (primary N) is 1. The largest absolute Gasteiger partial charge is 0.370 e. The number of guanidine groups is 1. The number of rotatable bonds is 3. The van der Waals surface area contributed by atoms with Crippen LogP contribution in [0.2, 0.25) is 0 Å². The number of hydrogen-bond acceptors (Lipinski definition) is 3. The second-order valence-electron chi connectivity index (χ2n) is 5.03. The zero-order chi connectivity index (χ0) is 14.8. The van der Waals surface area contributed by atoms with Crippen molar-refractivity contribution >= 4 is 21.9 Å². The Labute approximate surface area is 131 Å². The summed E-state index contributed by atoms with van der Waals surface area (Å²) < 4.78 is 14.3. The zero-order valence-corrected chi connectivity index (χ0v) is 12.9. The number of halogens is 2. The maximum atomic E-state index is 13.6. The van der Waals surface area contributed by atoms with Crippen LogP contribution in [-0.2, 0) is 6.54 Å². The van der Waals surface area contributed by atoms with Gasteiger partial charge in [-0.2, -0.15) is 0 Å². The van der Waals surface area contributed by atoms with Crippen molar-refractivity contribution in [2.75, 3.05) is 6.54 Å². The molecular weight excluding hydrogens is 333 g/mol. The average Bonchev–Trinajstić information content (AvgIpc) is 2.80. The van der Waals surface area contributed by atoms with Gasteiger partial charge in [0.1, 0.15) is 5.82 Å². The van der Waals surface area contributed by atoms with Gasteiger partial charge in [-0.15, -0.1) is 0 Å². The Balaban J connectivity index is 1.88. The Morgan fingerprint density at radius 3 is 2.71 bits per heavy atom. The van der Waals surface area contributed by atoms with Crippen molar-refractivity contribution in [3.8, 4) is 0 Å². The Bertz CT molecular complexity index is 652. The maximum Gasteiger partial charge on any atom is 0.192 e. The molecule has 2 aromatic rings. The zero-order valence-electron chi connectivity index (χ0n) is 11.3. The van der Waals surface area contributed by atoms with E-state index in [1.807, 2.05) is 41.3 Å². The van der Waals surface area contributed by atoms with E-state index in [9.17, 15) is 4.39 Å². The van der Waals surface area contributed by atoms with E-state index >= 15 is 0 Å². The summed E-state index contributed by atoms with van der Waals surface area (Å²) in [5, 5.41) is 0. The first-order valence-electron chi connectivity index (χ1n) is 6.70. The molecule has 21 heavy (non-hydrogen) atoms. The molecule has 0 saturated heterocycles. The Morgan fingerprint density at radius 2 is 2.00 bits per heavy atom. The third kappa shape index (κ3) is 3.08. The maximum absolute atomic E-state index is 13.6. The molecule has 0 spiro atoms. The van der Waals surface area contributed by atoms with E-state index in [2.05, 4.69) is 20.9 Å². The van der Waals surface area contributed by atoms with Gasteiger partial charge in [0.25, 0.3) is 0 Å². The number of nitrogens with zero attached hydrogens (tertiary/aromatic N) is 2. The van der Waals surface area contributed by atoms with E-state index in [0.717, 1.165) is 15.6 Å². The molecule has 2 N–H and O–H groups in total. The highest BCUT2D eigenvalue weighted by molar-refractivity contribution is 9.10. The van der Waals surface area contributed by atoms with Crippen LogP contribution in [0.1, 0.15) is 17.2 Å². The van der Waals surface area contributed by atoms with Crippen molar-refractivity contribution in [1.29, 1.82) is 0 Å². The van der Waals surface area contributed by atoms with Crippen molar-refractivity contribution in [3.05, 3.63) is 69.9 Å². The number of benzene rings is 2. The molecule has 1 heterocycles. The number of aliphatic imine (C=N–C) groups is 1. The van der Waals surface area contributed by atoms with Crippen LogP contribution in [0.3, 0.4) is 0 Å². The fourth-order valence-corrected chi connectivity index (χ4v) is 3.04. The van der Waals surface area contributed by atoms with Crippen molar-refractivity contribution in [2.45, 2.75) is 12.6 Å². The average molecular weight is 348 g/mol. The molecule has 3 rings (SSSR count). The standard InChI is InChI=1S/C16H15BrFN3/c17-13-6-12(7-14(18)8-13)15-9-20-16(19)21(15)10-11-4-2-1-3-5-11/h1-8,15H,9-10H2,(H2,19,20). The predicted octanol–water partition coefficient (Wildman–Crippen LogP) is 3.46. The van der Waals surface area contributed by atoms with Gasteiger partial charge in [-0.25, -0.2) is 4.39 Å². The minimum absolute atomic E-state index is 0.0304. The summed E-state index contributed by atoms with van der Waals surface area (Å²) in [7, 11) is 0. The second kappa shape index (κ2) is 5.85. The lowest BCUT2D eigenvalue weighted by Gasteiger charge is -2.27. The van der Waals surface area contributed by atoms with Gasteiger partial charge in [0, 0.05) is 11.0 Å². The normalized spacial score (nSPS) is 17.9. The summed E-state index contributed by atoms with van der Waals surface area (Å²) in [5.41, 5.74) is 8.03. The van der Waals surface area contributed by atoms with Crippen LogP contribution >= 0.6 is 15.9 Å². The first-order valence-corrected chi connectivity index (χ1v) is 7.49. The van der Waals surface area contributed by atoms with Gasteiger partial charge in [-0.05, 0) is 29.3 Å². The van der Waals surface area contributed by atoms with Gasteiger partial charge in [0.15, 0.2) is 5.96 Å². The summed E-state index contributed by atoms with van der Waals surface area (Å²) in [6.07, 6.45) is 0. The molecule has 1 aliphatic heterocycles. The topological polar surface area (TPSA) is 41.6 Å². The van der Waals surface area contributed by atoms with Crippen molar-refractivity contribution in [2.24, 2.45) is 10.7 Å². The highest BCUT2D eigenvalue weighted by Crippen LogP contribution is 2.29. The van der Waals surface area contributed by atoms with Crippen LogP contribution in [0.5, 0.6) is 0 Å². The second-order valence-corrected chi connectivity index (χ2v) is 5.95. The van der Waals surface area contributed by atoms with Crippen LogP contribution < -0.4 is 5.73 Å². The van der Waals surface area contributed by atoms with E-state index in [1.165, 1.54) is 6.07 Å². The van der Waals surface area contributed by atoms with Crippen molar-refractivity contribution in [3.63, 3.8) is 0 Å². The van der Waals surface area contributed by atoms with Gasteiger partial charge in [-0.1, -0.05) is 46.3 Å². The molecule has 1 aliphatic rings. The van der Waals surface area contributed by atoms with E-state index in [-0.39, 0.29) is 11.9 Å². The first kappa shape index (κ1) is 14.1. The Hall–Kier alpha value is -1.88. The quantitative estimate of drug-likeness (QED) is 0.923. The summed E-state index contributed by atoms with van der Waals surface area (Å²) in [6.45, 7) is 1.21. The highest BCUT2D eigenvalue weighted by atomic mass is 79.9. The van der Waals surface area contributed by atoms with E-state index in [0.29, 0.717) is 19.0 Å². The Kier molecular flexibility index (Phi) is 3.92. The minimum atomic E-state index is -0.260. The fourth-order valence-electron chi connectivity index (χ4n) is 2.55. The van der Waals surface area contributed by atoms with Gasteiger partial charge >= 0.3 is 0 Å². The Morgan fingerprint density at radius 1 is 1.24 bits per heavy atom. The molecule has 0 radical (unpaired) electrons. The van der Waals surface area contributed by atoms with Crippen molar-refractivity contribution in [1.82, 2.24) is 4.90 Å². The third-order valence-electron chi connectivity index (χ3n) is 3.56. The van der Waals surface area contributed by atoms with Crippen LogP contribution in [0, 0.1) is 5.82 Å². The summed E-state index contributed by atoms with van der Waals surface area (Å²) in [4.78, 5) is 6.32. The lowest BCUT2D eigenvalue weighted by atomic mass is 10.1. The van der Waals surface area contributed by atoms with E-state index in [1.54, 1.807) is 6.07 Å². The molecule has 108 valence electrons. The molecule has 0 aromatic heterocycles. The first-order chi connectivity index (χ1) is 10.1. The van der Waals surface area contributed by atoms with Gasteiger partial charge in [0.2, 0.25) is 0 Å². The van der Waals surface area contributed by atoms with Crippen LogP contribution in [0.25, 0.3) is 0 Å². The van der Waals surface area contributed by atoms with Crippen LogP contribution in [0.15, 0.2) is 58.0 Å². The molecule has 2 aromatic carbocycles. The molecule has 0 saturated carbocycles. The molecule has 1 unspecified atom stereocenters. The van der Waals surface area contributed by atoms with Crippen LogP contribution in [-0.4, -0.2) is 17.4 Å². The van der Waals surface area contributed by atoms with Gasteiger partial charge < -0.3 is 10.6 Å². The minimum Gasteiger partial charge on any atom is -0.370 e. The van der Waals surface area contributed by atoms with E-state index < -0.39 is 0 Å². The molecule has 0 fully saturated rings. The third-order valence-corrected chi connectivity index (χ3v) is 4.02. The summed E-state index contributed by atoms with van der Waals surface area (Å²) >= 11 is 3.33. The monoisotopic (exact) mass is 347 g/mol. The molecule has 5 heteroatoms. The smallest absolute Gasteiger partial charge is 0.192 e. The van der Waals surface area contributed by atoms with E-state index in [4.69, 9.17) is 5.73 Å². The lowest BCUT2D eigenvalue weighted by molar-refractivity contribution is 0.339. The molecular formula is C16H15BrFN3. The molecule has 0 aliphatic carbocycles. The van der Waals surface area contributed by atoms with Crippen molar-refractivity contribution < 1.29 is 4.39 Å².